The average molecular weight is 695 g/mol. The van der Waals surface area contributed by atoms with Crippen molar-refractivity contribution in [3.8, 4) is 0 Å². The Bertz CT molecular complexity index is 1810. The summed E-state index contributed by atoms with van der Waals surface area (Å²) >= 11 is 0. The minimum atomic E-state index is -4.51. The monoisotopic (exact) mass is 694 g/mol. The van der Waals surface area contributed by atoms with Crippen LogP contribution in [0.25, 0.3) is 0 Å². The summed E-state index contributed by atoms with van der Waals surface area (Å²) in [5, 5.41) is 7.66. The van der Waals surface area contributed by atoms with Crippen LogP contribution in [-0.2, 0) is 30.0 Å². The number of imide groups is 2. The number of anilines is 3. The first-order chi connectivity index (χ1) is 23.9. The highest BCUT2D eigenvalue weighted by Gasteiger charge is 2.45. The number of carbonyl (C=O) groups excluding carboxylic acids is 6. The highest BCUT2D eigenvalue weighted by atomic mass is 19.4. The molecule has 0 radical (unpaired) electrons. The molecular weight excluding hydrogens is 661 g/mol. The predicted molar refractivity (Wildman–Crippen MR) is 172 cm³/mol. The summed E-state index contributed by atoms with van der Waals surface area (Å²) < 4.78 is 50.0. The van der Waals surface area contributed by atoms with E-state index >= 15 is 0 Å². The Hall–Kier alpha value is -5.57. The highest BCUT2D eigenvalue weighted by molar-refractivity contribution is 6.26. The van der Waals surface area contributed by atoms with Crippen LogP contribution >= 0.6 is 0 Å². The van der Waals surface area contributed by atoms with Crippen molar-refractivity contribution in [1.82, 2.24) is 10.2 Å². The molecule has 0 bridgehead atoms. The van der Waals surface area contributed by atoms with Gasteiger partial charge in [-0.3, -0.25) is 34.2 Å². The SMILES string of the molecule is O=C1CCC(N2C(=O)c3cccc(NC(=O)CCCCCOCCOC(=O)c4ccccc4Nc4cccc(C(F)(F)F)c4)c3C2=O)C(=O)N1. The summed E-state index contributed by atoms with van der Waals surface area (Å²) in [5.74, 6) is -3.61. The molecule has 15 heteroatoms. The third-order valence-electron chi connectivity index (χ3n) is 8.01. The zero-order valence-electron chi connectivity index (χ0n) is 26.6. The number of piperidine rings is 1. The number of alkyl halides is 3. The Morgan fingerprint density at radius 3 is 2.40 bits per heavy atom. The number of carbonyl (C=O) groups is 6. The summed E-state index contributed by atoms with van der Waals surface area (Å²) in [7, 11) is 0. The normalized spacial score (nSPS) is 15.8. The number of hydrogen-bond acceptors (Lipinski definition) is 9. The van der Waals surface area contributed by atoms with Gasteiger partial charge in [0.05, 0.1) is 40.2 Å². The van der Waals surface area contributed by atoms with E-state index in [2.05, 4.69) is 16.0 Å². The molecule has 12 nitrogen and oxygen atoms in total. The molecule has 2 aliphatic heterocycles. The van der Waals surface area contributed by atoms with E-state index in [1.165, 1.54) is 36.4 Å². The number of hydrogen-bond donors (Lipinski definition) is 3. The molecule has 1 saturated heterocycles. The lowest BCUT2D eigenvalue weighted by molar-refractivity contribution is -0.138. The third-order valence-corrected chi connectivity index (χ3v) is 8.01. The number of amides is 5. The quantitative estimate of drug-likeness (QED) is 0.117. The van der Waals surface area contributed by atoms with E-state index < -0.39 is 47.4 Å². The second kappa shape index (κ2) is 15.8. The maximum Gasteiger partial charge on any atom is 0.416 e. The molecular formula is C35H33F3N4O8. The number of rotatable bonds is 14. The standard InChI is InChI=1S/C35H33F3N4O8/c36-35(37,38)21-8-6-9-22(20-21)39-25-12-4-3-10-23(25)34(48)50-19-18-49-17-5-1-2-14-28(43)40-26-13-7-11-24-30(26)33(47)42(32(24)46)27-15-16-29(44)41-31(27)45/h3-4,6-13,20,27,39H,1-2,5,14-19H2,(H,40,43)(H,41,44,45). The Balaban J connectivity index is 0.999. The number of halogens is 3. The smallest absolute Gasteiger partial charge is 0.416 e. The molecule has 3 N–H and O–H groups in total. The van der Waals surface area contributed by atoms with Crippen molar-refractivity contribution >= 4 is 52.6 Å². The van der Waals surface area contributed by atoms with E-state index in [1.807, 2.05) is 0 Å². The molecule has 0 spiro atoms. The van der Waals surface area contributed by atoms with Crippen molar-refractivity contribution in [2.24, 2.45) is 0 Å². The molecule has 2 aliphatic rings. The van der Waals surface area contributed by atoms with Crippen molar-refractivity contribution in [3.63, 3.8) is 0 Å². The zero-order chi connectivity index (χ0) is 35.8. The molecule has 0 aliphatic carbocycles. The van der Waals surface area contributed by atoms with Crippen LogP contribution in [-0.4, -0.2) is 66.3 Å². The van der Waals surface area contributed by atoms with Crippen LogP contribution in [0.2, 0.25) is 0 Å². The summed E-state index contributed by atoms with van der Waals surface area (Å²) in [4.78, 5) is 76.1. The minimum Gasteiger partial charge on any atom is -0.460 e. The van der Waals surface area contributed by atoms with E-state index in [0.717, 1.165) is 17.0 Å². The van der Waals surface area contributed by atoms with Gasteiger partial charge in [-0.15, -0.1) is 0 Å². The molecule has 5 amide bonds. The van der Waals surface area contributed by atoms with Crippen LogP contribution in [0, 0.1) is 0 Å². The van der Waals surface area contributed by atoms with Gasteiger partial charge in [0.1, 0.15) is 12.6 Å². The van der Waals surface area contributed by atoms with E-state index in [4.69, 9.17) is 9.47 Å². The van der Waals surface area contributed by atoms with Crippen LogP contribution in [0.1, 0.15) is 75.2 Å². The Morgan fingerprint density at radius 2 is 1.62 bits per heavy atom. The molecule has 2 heterocycles. The van der Waals surface area contributed by atoms with E-state index in [-0.39, 0.29) is 72.1 Å². The van der Waals surface area contributed by atoms with Crippen molar-refractivity contribution in [2.75, 3.05) is 30.5 Å². The number of nitrogens with zero attached hydrogens (tertiary/aromatic N) is 1. The lowest BCUT2D eigenvalue weighted by Crippen LogP contribution is -2.54. The number of fused-ring (bicyclic) bond motifs is 1. The molecule has 1 unspecified atom stereocenters. The molecule has 3 aromatic carbocycles. The number of benzene rings is 3. The number of esters is 1. The summed E-state index contributed by atoms with van der Waals surface area (Å²) in [5.41, 5.74) is -0.00601. The molecule has 3 aromatic rings. The highest BCUT2D eigenvalue weighted by Crippen LogP contribution is 2.33. The van der Waals surface area contributed by atoms with Gasteiger partial charge in [-0.25, -0.2) is 4.79 Å². The van der Waals surface area contributed by atoms with Gasteiger partial charge in [-0.05, 0) is 61.7 Å². The van der Waals surface area contributed by atoms with Gasteiger partial charge in [0, 0.05) is 25.1 Å². The number of nitrogens with one attached hydrogen (secondary N) is 3. The Labute approximate surface area is 284 Å². The average Bonchev–Trinajstić information content (AvgIpc) is 3.33. The summed E-state index contributed by atoms with van der Waals surface area (Å²) in [6.07, 6.45) is -2.61. The van der Waals surface area contributed by atoms with E-state index in [0.29, 0.717) is 25.9 Å². The van der Waals surface area contributed by atoms with Crippen molar-refractivity contribution < 1.29 is 51.4 Å². The van der Waals surface area contributed by atoms with Crippen molar-refractivity contribution in [3.05, 3.63) is 89.0 Å². The van der Waals surface area contributed by atoms with Crippen molar-refractivity contribution in [1.29, 1.82) is 0 Å². The first kappa shape index (κ1) is 35.7. The number of unbranched alkanes of at least 4 members (excludes halogenated alkanes) is 2. The fourth-order valence-corrected chi connectivity index (χ4v) is 5.57. The van der Waals surface area contributed by atoms with E-state index in [1.54, 1.807) is 18.2 Å². The van der Waals surface area contributed by atoms with Crippen LogP contribution in [0.3, 0.4) is 0 Å². The Kier molecular flexibility index (Phi) is 11.3. The first-order valence-electron chi connectivity index (χ1n) is 15.9. The van der Waals surface area contributed by atoms with Gasteiger partial charge in [0.25, 0.3) is 11.8 Å². The van der Waals surface area contributed by atoms with Crippen LogP contribution in [0.4, 0.5) is 30.2 Å². The second-order valence-electron chi connectivity index (χ2n) is 11.5. The summed E-state index contributed by atoms with van der Waals surface area (Å²) in [6.45, 7) is 0.395. The zero-order valence-corrected chi connectivity index (χ0v) is 26.6. The van der Waals surface area contributed by atoms with Crippen LogP contribution in [0.15, 0.2) is 66.7 Å². The molecule has 1 fully saturated rings. The van der Waals surface area contributed by atoms with Gasteiger partial charge in [0.2, 0.25) is 17.7 Å². The molecule has 262 valence electrons. The predicted octanol–water partition coefficient (Wildman–Crippen LogP) is 5.22. The molecule has 0 saturated carbocycles. The third kappa shape index (κ3) is 8.52. The molecule has 50 heavy (non-hydrogen) atoms. The maximum atomic E-state index is 13.2. The molecule has 1 atom stereocenters. The lowest BCUT2D eigenvalue weighted by atomic mass is 10.0. The van der Waals surface area contributed by atoms with Gasteiger partial charge in [-0.1, -0.05) is 30.7 Å². The first-order valence-corrected chi connectivity index (χ1v) is 15.9. The van der Waals surface area contributed by atoms with Gasteiger partial charge < -0.3 is 20.1 Å². The Morgan fingerprint density at radius 1 is 0.860 bits per heavy atom. The molecule has 0 aromatic heterocycles. The van der Waals surface area contributed by atoms with Crippen molar-refractivity contribution in [2.45, 2.75) is 50.7 Å². The van der Waals surface area contributed by atoms with Gasteiger partial charge in [0.15, 0.2) is 0 Å². The lowest BCUT2D eigenvalue weighted by Gasteiger charge is -2.27. The maximum absolute atomic E-state index is 13.2. The second-order valence-corrected chi connectivity index (χ2v) is 11.5. The fraction of sp³-hybridized carbons (Fsp3) is 0.314. The largest absolute Gasteiger partial charge is 0.460 e. The number of para-hydroxylation sites is 1. The van der Waals surface area contributed by atoms with Gasteiger partial charge >= 0.3 is 12.1 Å². The van der Waals surface area contributed by atoms with Crippen LogP contribution in [0.5, 0.6) is 0 Å². The fourth-order valence-electron chi connectivity index (χ4n) is 5.57. The van der Waals surface area contributed by atoms with Gasteiger partial charge in [-0.2, -0.15) is 13.2 Å². The van der Waals surface area contributed by atoms with E-state index in [9.17, 15) is 41.9 Å². The topological polar surface area (TPSA) is 160 Å². The van der Waals surface area contributed by atoms with Crippen LogP contribution < -0.4 is 16.0 Å². The molecule has 5 rings (SSSR count). The minimum absolute atomic E-state index is 0.000111. The summed E-state index contributed by atoms with van der Waals surface area (Å²) in [6, 6.07) is 14.3. The number of ether oxygens (including phenoxy) is 2.